The van der Waals surface area contributed by atoms with Crippen molar-refractivity contribution in [1.29, 1.82) is 0 Å². The number of nitrogens with two attached hydrogens (primary N) is 1. The van der Waals surface area contributed by atoms with Crippen molar-refractivity contribution >= 4 is 35.6 Å². The number of methoxy groups -OCH3 is 1. The molecule has 1 fully saturated rings. The lowest BCUT2D eigenvalue weighted by atomic mass is 9.59. The van der Waals surface area contributed by atoms with Gasteiger partial charge in [-0.3, -0.25) is 0 Å². The Kier molecular flexibility index (Phi) is 6.93. The fourth-order valence-electron chi connectivity index (χ4n) is 3.28. The molecule has 2 unspecified atom stereocenters. The van der Waals surface area contributed by atoms with E-state index < -0.39 is 0 Å². The fraction of sp³-hybridized carbons (Fsp3) is 0.562. The largest absolute Gasteiger partial charge is 0.381 e. The molecule has 3 N–H and O–H groups in total. The van der Waals surface area contributed by atoms with Crippen LogP contribution in [0.25, 0.3) is 0 Å². The standard InChI is InChI=1S/C16H25N3O.HI/c1-4-16(5-2)13(11-14(16)20-3)19-15(17)18-12-9-7-6-8-10-12;/h6-10,13-14H,4-5,11H2,1-3H3,(H3,17,18,19);1H. The van der Waals surface area contributed by atoms with E-state index in [1.54, 1.807) is 7.11 Å². The van der Waals surface area contributed by atoms with Crippen LogP contribution >= 0.6 is 24.0 Å². The van der Waals surface area contributed by atoms with Gasteiger partial charge in [0.15, 0.2) is 5.96 Å². The minimum absolute atomic E-state index is 0. The van der Waals surface area contributed by atoms with Gasteiger partial charge in [-0.2, -0.15) is 0 Å². The smallest absolute Gasteiger partial charge is 0.193 e. The van der Waals surface area contributed by atoms with Gasteiger partial charge in [0.1, 0.15) is 0 Å². The monoisotopic (exact) mass is 403 g/mol. The number of aliphatic imine (C=N–C) groups is 1. The van der Waals surface area contributed by atoms with Gasteiger partial charge in [-0.25, -0.2) is 4.99 Å². The Morgan fingerprint density at radius 1 is 1.33 bits per heavy atom. The Labute approximate surface area is 144 Å². The van der Waals surface area contributed by atoms with E-state index >= 15 is 0 Å². The summed E-state index contributed by atoms with van der Waals surface area (Å²) in [6.07, 6.45) is 3.38. The van der Waals surface area contributed by atoms with Crippen LogP contribution in [0.1, 0.15) is 33.1 Å². The van der Waals surface area contributed by atoms with Crippen LogP contribution in [-0.2, 0) is 4.74 Å². The molecule has 0 aliphatic heterocycles. The Bertz CT molecular complexity index is 460. The Morgan fingerprint density at radius 3 is 2.48 bits per heavy atom. The molecule has 0 amide bonds. The molecule has 0 spiro atoms. The van der Waals surface area contributed by atoms with Crippen LogP contribution in [0.4, 0.5) is 5.69 Å². The van der Waals surface area contributed by atoms with Crippen LogP contribution in [-0.4, -0.2) is 25.2 Å². The summed E-state index contributed by atoms with van der Waals surface area (Å²) in [5.74, 6) is 0.488. The third-order valence-corrected chi connectivity index (χ3v) is 4.68. The number of hydrogen-bond donors (Lipinski definition) is 2. The maximum absolute atomic E-state index is 6.03. The van der Waals surface area contributed by atoms with Gasteiger partial charge in [0, 0.05) is 18.2 Å². The maximum Gasteiger partial charge on any atom is 0.193 e. The average molecular weight is 403 g/mol. The van der Waals surface area contributed by atoms with Gasteiger partial charge in [-0.15, -0.1) is 24.0 Å². The van der Waals surface area contributed by atoms with Crippen molar-refractivity contribution in [3.8, 4) is 0 Å². The molecule has 1 aliphatic rings. The molecule has 2 rings (SSSR count). The normalized spacial score (nSPS) is 23.9. The summed E-state index contributed by atoms with van der Waals surface area (Å²) in [6.45, 7) is 4.41. The van der Waals surface area contributed by atoms with E-state index in [2.05, 4.69) is 24.2 Å². The molecule has 2 atom stereocenters. The number of hydrogen-bond acceptors (Lipinski definition) is 2. The van der Waals surface area contributed by atoms with Gasteiger partial charge in [0.25, 0.3) is 0 Å². The lowest BCUT2D eigenvalue weighted by molar-refractivity contribution is -0.111. The third-order valence-electron chi connectivity index (χ3n) is 4.68. The van der Waals surface area contributed by atoms with Crippen molar-refractivity contribution in [3.05, 3.63) is 30.3 Å². The van der Waals surface area contributed by atoms with Gasteiger partial charge in [0.2, 0.25) is 0 Å². The molecule has 0 heterocycles. The molecule has 0 radical (unpaired) electrons. The molecule has 5 heteroatoms. The molecule has 1 aliphatic carbocycles. The predicted octanol–water partition coefficient (Wildman–Crippen LogP) is 3.62. The summed E-state index contributed by atoms with van der Waals surface area (Å²) in [6, 6.07) is 10.1. The zero-order valence-corrected chi connectivity index (χ0v) is 15.3. The van der Waals surface area contributed by atoms with Gasteiger partial charge in [0.05, 0.1) is 12.1 Å². The summed E-state index contributed by atoms with van der Waals surface area (Å²) in [5.41, 5.74) is 7.14. The second-order valence-electron chi connectivity index (χ2n) is 5.42. The summed E-state index contributed by atoms with van der Waals surface area (Å²) >= 11 is 0. The number of halogens is 1. The molecule has 21 heavy (non-hydrogen) atoms. The van der Waals surface area contributed by atoms with Crippen LogP contribution in [0.15, 0.2) is 35.3 Å². The molecule has 0 bridgehead atoms. The summed E-state index contributed by atoms with van der Waals surface area (Å²) < 4.78 is 5.58. The Hall–Kier alpha value is -0.820. The molecule has 1 aromatic rings. The van der Waals surface area contributed by atoms with Gasteiger partial charge >= 0.3 is 0 Å². The molecule has 1 aromatic carbocycles. The molecule has 118 valence electrons. The first kappa shape index (κ1) is 18.2. The summed E-state index contributed by atoms with van der Waals surface area (Å²) in [5, 5.41) is 3.15. The van der Waals surface area contributed by atoms with E-state index in [0.717, 1.165) is 24.9 Å². The first-order chi connectivity index (χ1) is 9.66. The van der Waals surface area contributed by atoms with Crippen molar-refractivity contribution in [2.24, 2.45) is 16.1 Å². The Balaban J connectivity index is 0.00000220. The van der Waals surface area contributed by atoms with Gasteiger partial charge in [-0.1, -0.05) is 32.0 Å². The highest BCUT2D eigenvalue weighted by atomic mass is 127. The highest BCUT2D eigenvalue weighted by Gasteiger charge is 2.53. The number of anilines is 1. The van der Waals surface area contributed by atoms with Crippen LogP contribution in [0.3, 0.4) is 0 Å². The van der Waals surface area contributed by atoms with Crippen LogP contribution < -0.4 is 11.1 Å². The lowest BCUT2D eigenvalue weighted by Gasteiger charge is -2.53. The first-order valence-electron chi connectivity index (χ1n) is 7.34. The molecule has 0 aromatic heterocycles. The number of rotatable bonds is 5. The zero-order chi connectivity index (χ0) is 14.6. The highest BCUT2D eigenvalue weighted by Crippen LogP contribution is 2.50. The van der Waals surface area contributed by atoms with E-state index in [4.69, 9.17) is 10.5 Å². The second-order valence-corrected chi connectivity index (χ2v) is 5.42. The van der Waals surface area contributed by atoms with E-state index in [1.165, 1.54) is 0 Å². The van der Waals surface area contributed by atoms with Crippen molar-refractivity contribution in [2.75, 3.05) is 12.4 Å². The lowest BCUT2D eigenvalue weighted by Crippen LogP contribution is -2.57. The molecule has 4 nitrogen and oxygen atoms in total. The van der Waals surface area contributed by atoms with E-state index in [-0.39, 0.29) is 35.4 Å². The van der Waals surface area contributed by atoms with Gasteiger partial charge < -0.3 is 15.8 Å². The highest BCUT2D eigenvalue weighted by molar-refractivity contribution is 14.0. The fourth-order valence-corrected chi connectivity index (χ4v) is 3.28. The van der Waals surface area contributed by atoms with Crippen molar-refractivity contribution < 1.29 is 4.74 Å². The van der Waals surface area contributed by atoms with Crippen molar-refractivity contribution in [3.63, 3.8) is 0 Å². The molecule has 0 saturated heterocycles. The third kappa shape index (κ3) is 3.69. The molecule has 1 saturated carbocycles. The number of nitrogens with zero attached hydrogens (tertiary/aromatic N) is 1. The van der Waals surface area contributed by atoms with E-state index in [1.807, 2.05) is 30.3 Å². The average Bonchev–Trinajstić information content (AvgIpc) is 2.45. The van der Waals surface area contributed by atoms with Gasteiger partial charge in [-0.05, 0) is 31.4 Å². The maximum atomic E-state index is 6.03. The number of nitrogens with one attached hydrogen (secondary N) is 1. The number of guanidine groups is 1. The first-order valence-corrected chi connectivity index (χ1v) is 7.34. The van der Waals surface area contributed by atoms with E-state index in [9.17, 15) is 0 Å². The van der Waals surface area contributed by atoms with Crippen LogP contribution in [0.2, 0.25) is 0 Å². The SMILES string of the molecule is CCC1(CC)C(N=C(N)Nc2ccccc2)CC1OC.I. The summed E-state index contributed by atoms with van der Waals surface area (Å²) in [4.78, 5) is 4.67. The zero-order valence-electron chi connectivity index (χ0n) is 13.0. The van der Waals surface area contributed by atoms with E-state index in [0.29, 0.717) is 12.1 Å². The minimum atomic E-state index is 0. The molecular weight excluding hydrogens is 377 g/mol. The number of benzene rings is 1. The second kappa shape index (κ2) is 7.98. The quantitative estimate of drug-likeness (QED) is 0.449. The van der Waals surface area contributed by atoms with Crippen LogP contribution in [0, 0.1) is 5.41 Å². The predicted molar refractivity (Wildman–Crippen MR) is 99.3 cm³/mol. The molecular formula is C16H26IN3O. The topological polar surface area (TPSA) is 59.6 Å². The number of para-hydroxylation sites is 1. The summed E-state index contributed by atoms with van der Waals surface area (Å²) in [7, 11) is 1.79. The Morgan fingerprint density at radius 2 is 1.95 bits per heavy atom. The van der Waals surface area contributed by atoms with Crippen LogP contribution in [0.5, 0.6) is 0 Å². The van der Waals surface area contributed by atoms with Crippen molar-refractivity contribution in [2.45, 2.75) is 45.3 Å². The minimum Gasteiger partial charge on any atom is -0.381 e. The van der Waals surface area contributed by atoms with Crippen molar-refractivity contribution in [1.82, 2.24) is 0 Å². The number of ether oxygens (including phenoxy) is 1.